The second-order valence-electron chi connectivity index (χ2n) is 2.34. The van der Waals surface area contributed by atoms with E-state index in [1.54, 1.807) is 0 Å². The van der Waals surface area contributed by atoms with Gasteiger partial charge in [0.15, 0.2) is 0 Å². The normalized spacial score (nSPS) is 40.8. The monoisotopic (exact) mass is 125 g/mol. The van der Waals surface area contributed by atoms with Gasteiger partial charge in [-0.25, -0.2) is 0 Å². The molecule has 2 atom stereocenters. The van der Waals surface area contributed by atoms with E-state index in [2.05, 4.69) is 17.5 Å². The van der Waals surface area contributed by atoms with Gasteiger partial charge in [-0.2, -0.15) is 0 Å². The summed E-state index contributed by atoms with van der Waals surface area (Å²) in [5.41, 5.74) is 0. The highest BCUT2D eigenvalue weighted by atomic mass is 32.1. The highest BCUT2D eigenvalue weighted by Crippen LogP contribution is 2.25. The molecule has 42 valence electrons. The van der Waals surface area contributed by atoms with Gasteiger partial charge in [0.1, 0.15) is 0 Å². The molecule has 2 heteroatoms. The molecule has 0 radical (unpaired) electrons. The van der Waals surface area contributed by atoms with Gasteiger partial charge >= 0.3 is 0 Å². The molecule has 1 fully saturated rings. The molecule has 0 spiro atoms. The minimum atomic E-state index is 0.576. The second kappa shape index (κ2) is 1.32. The van der Waals surface area contributed by atoms with Gasteiger partial charge in [0.2, 0.25) is 0 Å². The van der Waals surface area contributed by atoms with Crippen LogP contribution < -0.4 is 5.32 Å². The Bertz CT molecular complexity index is 162. The lowest BCUT2D eigenvalue weighted by Gasteiger charge is -2.05. The lowest BCUT2D eigenvalue weighted by atomic mass is 10.2. The largest absolute Gasteiger partial charge is 0.373 e. The molecule has 1 aliphatic heterocycles. The van der Waals surface area contributed by atoms with Gasteiger partial charge in [0, 0.05) is 12.0 Å². The Hall–Kier alpha value is -0.370. The first-order valence-corrected chi connectivity index (χ1v) is 3.26. The fraction of sp³-hybridized carbons (Fsp3) is 0.500. The van der Waals surface area contributed by atoms with Crippen LogP contribution in [0.5, 0.6) is 0 Å². The Morgan fingerprint density at radius 3 is 2.75 bits per heavy atom. The van der Waals surface area contributed by atoms with Gasteiger partial charge in [0.25, 0.3) is 0 Å². The standard InChI is InChI=1S/C6H7NS/c8-6-4-1-2-5(3-4)7-6/h1-2,4-5H,3H2,(H,7,8)/t4-,5+/m0/s1. The molecule has 0 aromatic rings. The third-order valence-corrected chi connectivity index (χ3v) is 2.17. The Kier molecular flexibility index (Phi) is 0.742. The molecule has 2 rings (SSSR count). The van der Waals surface area contributed by atoms with Crippen molar-refractivity contribution in [2.24, 2.45) is 5.92 Å². The Labute approximate surface area is 53.8 Å². The maximum absolute atomic E-state index is 5.01. The van der Waals surface area contributed by atoms with Crippen LogP contribution in [0.2, 0.25) is 0 Å². The summed E-state index contributed by atoms with van der Waals surface area (Å²) in [6.07, 6.45) is 5.60. The minimum absolute atomic E-state index is 0.576. The van der Waals surface area contributed by atoms with Crippen LogP contribution in [-0.4, -0.2) is 11.0 Å². The number of hydrogen-bond acceptors (Lipinski definition) is 1. The van der Waals surface area contributed by atoms with E-state index in [4.69, 9.17) is 12.2 Å². The third kappa shape index (κ3) is 0.436. The molecule has 0 aromatic heterocycles. The van der Waals surface area contributed by atoms with Crippen LogP contribution in [0, 0.1) is 5.92 Å². The lowest BCUT2D eigenvalue weighted by Crippen LogP contribution is -2.25. The Morgan fingerprint density at radius 1 is 1.62 bits per heavy atom. The van der Waals surface area contributed by atoms with Crippen molar-refractivity contribution in [2.75, 3.05) is 0 Å². The minimum Gasteiger partial charge on any atom is -0.373 e. The van der Waals surface area contributed by atoms with E-state index in [0.29, 0.717) is 12.0 Å². The molecule has 1 nitrogen and oxygen atoms in total. The van der Waals surface area contributed by atoms with Crippen LogP contribution in [0.15, 0.2) is 12.2 Å². The molecule has 0 amide bonds. The van der Waals surface area contributed by atoms with Gasteiger partial charge in [-0.05, 0) is 6.42 Å². The Morgan fingerprint density at radius 2 is 2.50 bits per heavy atom. The summed E-state index contributed by atoms with van der Waals surface area (Å²) in [5, 5.41) is 3.20. The van der Waals surface area contributed by atoms with Gasteiger partial charge in [0.05, 0.1) is 4.99 Å². The van der Waals surface area contributed by atoms with E-state index in [9.17, 15) is 0 Å². The number of hydrogen-bond donors (Lipinski definition) is 1. The summed E-state index contributed by atoms with van der Waals surface area (Å²) in [7, 11) is 0. The molecule has 0 saturated carbocycles. The lowest BCUT2D eigenvalue weighted by molar-refractivity contribution is 0.755. The van der Waals surface area contributed by atoms with Crippen molar-refractivity contribution in [3.63, 3.8) is 0 Å². The quantitative estimate of drug-likeness (QED) is 0.380. The van der Waals surface area contributed by atoms with Crippen molar-refractivity contribution in [1.82, 2.24) is 5.32 Å². The number of rotatable bonds is 0. The summed E-state index contributed by atoms with van der Waals surface area (Å²) in [6.45, 7) is 0. The SMILES string of the molecule is S=C1N[C@@H]2C=C[C@H]1C2. The molecular formula is C6H7NS. The molecule has 2 aliphatic rings. The van der Waals surface area contributed by atoms with Crippen LogP contribution in [0.3, 0.4) is 0 Å². The van der Waals surface area contributed by atoms with E-state index in [1.165, 1.54) is 6.42 Å². The van der Waals surface area contributed by atoms with Gasteiger partial charge in [-0.1, -0.05) is 24.4 Å². The molecule has 2 bridgehead atoms. The maximum atomic E-state index is 5.01. The highest BCUT2D eigenvalue weighted by molar-refractivity contribution is 7.80. The van der Waals surface area contributed by atoms with E-state index < -0.39 is 0 Å². The molecular weight excluding hydrogens is 118 g/mol. The Balaban J connectivity index is 2.35. The van der Waals surface area contributed by atoms with Crippen molar-refractivity contribution < 1.29 is 0 Å². The van der Waals surface area contributed by atoms with E-state index in [0.717, 1.165) is 4.99 Å². The van der Waals surface area contributed by atoms with Crippen molar-refractivity contribution in [3.8, 4) is 0 Å². The van der Waals surface area contributed by atoms with Crippen LogP contribution in [-0.2, 0) is 0 Å². The maximum Gasteiger partial charge on any atom is 0.0828 e. The van der Waals surface area contributed by atoms with Crippen LogP contribution in [0.25, 0.3) is 0 Å². The zero-order valence-electron chi connectivity index (χ0n) is 4.42. The average Bonchev–Trinajstić information content (AvgIpc) is 2.23. The van der Waals surface area contributed by atoms with E-state index in [1.807, 2.05) is 0 Å². The molecule has 1 saturated heterocycles. The molecule has 0 unspecified atom stereocenters. The zero-order chi connectivity index (χ0) is 5.56. The number of thiocarbonyl (C=S) groups is 1. The summed E-state index contributed by atoms with van der Waals surface area (Å²) in [6, 6.07) is 0.576. The number of nitrogens with one attached hydrogen (secondary N) is 1. The molecule has 1 aliphatic carbocycles. The predicted octanol–water partition coefficient (Wildman–Crippen LogP) is 0.862. The third-order valence-electron chi connectivity index (χ3n) is 1.75. The van der Waals surface area contributed by atoms with Crippen molar-refractivity contribution in [1.29, 1.82) is 0 Å². The van der Waals surface area contributed by atoms with Crippen LogP contribution >= 0.6 is 12.2 Å². The van der Waals surface area contributed by atoms with E-state index >= 15 is 0 Å². The second-order valence-corrected chi connectivity index (χ2v) is 2.78. The summed E-state index contributed by atoms with van der Waals surface area (Å²) < 4.78 is 0. The highest BCUT2D eigenvalue weighted by Gasteiger charge is 2.29. The smallest absolute Gasteiger partial charge is 0.0828 e. The zero-order valence-corrected chi connectivity index (χ0v) is 5.24. The summed E-state index contributed by atoms with van der Waals surface area (Å²) in [5.74, 6) is 0.579. The van der Waals surface area contributed by atoms with Crippen LogP contribution in [0.1, 0.15) is 6.42 Å². The fourth-order valence-electron chi connectivity index (χ4n) is 1.29. The average molecular weight is 125 g/mol. The van der Waals surface area contributed by atoms with E-state index in [-0.39, 0.29) is 0 Å². The molecule has 1 heterocycles. The summed E-state index contributed by atoms with van der Waals surface area (Å²) >= 11 is 5.01. The first-order chi connectivity index (χ1) is 3.86. The van der Waals surface area contributed by atoms with Crippen molar-refractivity contribution >= 4 is 17.2 Å². The topological polar surface area (TPSA) is 12.0 Å². The van der Waals surface area contributed by atoms with Crippen molar-refractivity contribution in [2.45, 2.75) is 12.5 Å². The first-order valence-electron chi connectivity index (χ1n) is 2.85. The molecule has 8 heavy (non-hydrogen) atoms. The fourth-order valence-corrected chi connectivity index (χ4v) is 1.62. The van der Waals surface area contributed by atoms with Crippen molar-refractivity contribution in [3.05, 3.63) is 12.2 Å². The molecule has 1 N–H and O–H groups in total. The van der Waals surface area contributed by atoms with Gasteiger partial charge < -0.3 is 5.32 Å². The molecule has 0 aromatic carbocycles. The van der Waals surface area contributed by atoms with Gasteiger partial charge in [-0.15, -0.1) is 0 Å². The first kappa shape index (κ1) is 4.50. The number of fused-ring (bicyclic) bond motifs is 2. The van der Waals surface area contributed by atoms with Gasteiger partial charge in [-0.3, -0.25) is 0 Å². The predicted molar refractivity (Wildman–Crippen MR) is 36.8 cm³/mol. The summed E-state index contributed by atoms with van der Waals surface area (Å²) in [4.78, 5) is 1.04. The van der Waals surface area contributed by atoms with Crippen LogP contribution in [0.4, 0.5) is 0 Å².